The van der Waals surface area contributed by atoms with Crippen molar-refractivity contribution in [1.82, 2.24) is 5.32 Å². The van der Waals surface area contributed by atoms with E-state index in [2.05, 4.69) is 5.32 Å². The lowest BCUT2D eigenvalue weighted by Crippen LogP contribution is -2.36. The summed E-state index contributed by atoms with van der Waals surface area (Å²) >= 11 is 0. The molecule has 0 bridgehead atoms. The van der Waals surface area contributed by atoms with Gasteiger partial charge in [0.15, 0.2) is 17.3 Å². The highest BCUT2D eigenvalue weighted by molar-refractivity contribution is 6.04. The number of hydrogen-bond acceptors (Lipinski definition) is 6. The number of phenolic OH excluding ortho intramolecular Hbond substituents is 1. The summed E-state index contributed by atoms with van der Waals surface area (Å²) in [7, 11) is 0. The van der Waals surface area contributed by atoms with Crippen LogP contribution in [0.1, 0.15) is 63.5 Å². The summed E-state index contributed by atoms with van der Waals surface area (Å²) in [5.74, 6) is -0.662. The molecule has 1 aliphatic heterocycles. The van der Waals surface area contributed by atoms with Crippen molar-refractivity contribution in [3.63, 3.8) is 0 Å². The van der Waals surface area contributed by atoms with Gasteiger partial charge in [0.05, 0.1) is 18.3 Å². The van der Waals surface area contributed by atoms with Crippen LogP contribution < -0.4 is 10.1 Å². The van der Waals surface area contributed by atoms with Crippen molar-refractivity contribution in [3.05, 3.63) is 82.2 Å². The molecule has 34 heavy (non-hydrogen) atoms. The quantitative estimate of drug-likeness (QED) is 0.582. The van der Waals surface area contributed by atoms with E-state index in [4.69, 9.17) is 9.47 Å². The van der Waals surface area contributed by atoms with Crippen molar-refractivity contribution in [2.45, 2.75) is 58.5 Å². The fourth-order valence-corrected chi connectivity index (χ4v) is 4.86. The molecule has 0 radical (unpaired) electrons. The highest BCUT2D eigenvalue weighted by Gasteiger charge is 2.41. The predicted octanol–water partition coefficient (Wildman–Crippen LogP) is 5.10. The van der Waals surface area contributed by atoms with E-state index in [9.17, 15) is 14.7 Å². The zero-order chi connectivity index (χ0) is 24.4. The van der Waals surface area contributed by atoms with Gasteiger partial charge in [-0.05, 0) is 63.3 Å². The number of benzene rings is 2. The van der Waals surface area contributed by atoms with Gasteiger partial charge in [-0.3, -0.25) is 4.79 Å². The molecule has 2 aromatic carbocycles. The summed E-state index contributed by atoms with van der Waals surface area (Å²) in [6.45, 7) is 7.66. The maximum Gasteiger partial charge on any atom is 0.337 e. The molecule has 2 atom stereocenters. The number of ketones is 1. The van der Waals surface area contributed by atoms with Gasteiger partial charge in [0.2, 0.25) is 0 Å². The van der Waals surface area contributed by atoms with E-state index in [0.29, 0.717) is 47.6 Å². The molecule has 6 heteroatoms. The average molecular weight is 462 g/mol. The third-order valence-corrected chi connectivity index (χ3v) is 6.28. The van der Waals surface area contributed by atoms with Gasteiger partial charge in [0.1, 0.15) is 0 Å². The van der Waals surface area contributed by atoms with E-state index in [1.54, 1.807) is 32.0 Å². The number of dihydropyridines is 1. The number of rotatable bonds is 6. The third kappa shape index (κ3) is 4.58. The molecule has 2 aromatic rings. The van der Waals surface area contributed by atoms with Crippen LogP contribution in [0, 0.1) is 0 Å². The monoisotopic (exact) mass is 461 g/mol. The number of nitrogens with one attached hydrogen (secondary N) is 1. The van der Waals surface area contributed by atoms with Crippen LogP contribution in [0.2, 0.25) is 0 Å². The highest BCUT2D eigenvalue weighted by Crippen LogP contribution is 2.47. The van der Waals surface area contributed by atoms with Gasteiger partial charge < -0.3 is 19.9 Å². The van der Waals surface area contributed by atoms with Crippen molar-refractivity contribution in [2.75, 3.05) is 6.61 Å². The number of hydrogen-bond donors (Lipinski definition) is 2. The number of esters is 1. The zero-order valence-electron chi connectivity index (χ0n) is 20.1. The molecule has 6 nitrogen and oxygen atoms in total. The molecule has 4 rings (SSSR count). The average Bonchev–Trinajstić information content (AvgIpc) is 2.79. The first-order chi connectivity index (χ1) is 16.3. The molecule has 2 unspecified atom stereocenters. The fourth-order valence-electron chi connectivity index (χ4n) is 4.86. The van der Waals surface area contributed by atoms with Crippen LogP contribution in [0.25, 0.3) is 0 Å². The normalized spacial score (nSPS) is 20.2. The van der Waals surface area contributed by atoms with Gasteiger partial charge in [0, 0.05) is 29.3 Å². The second kappa shape index (κ2) is 9.75. The van der Waals surface area contributed by atoms with Crippen molar-refractivity contribution in [2.24, 2.45) is 0 Å². The molecule has 1 aliphatic carbocycles. The van der Waals surface area contributed by atoms with E-state index < -0.39 is 11.9 Å². The Hall–Kier alpha value is -3.54. The smallest absolute Gasteiger partial charge is 0.337 e. The molecule has 0 spiro atoms. The zero-order valence-corrected chi connectivity index (χ0v) is 20.1. The summed E-state index contributed by atoms with van der Waals surface area (Å²) in [5, 5.41) is 13.6. The van der Waals surface area contributed by atoms with E-state index in [-0.39, 0.29) is 23.6 Å². The lowest BCUT2D eigenvalue weighted by molar-refractivity contribution is -0.143. The van der Waals surface area contributed by atoms with Crippen LogP contribution in [0.4, 0.5) is 0 Å². The van der Waals surface area contributed by atoms with E-state index >= 15 is 0 Å². The van der Waals surface area contributed by atoms with Crippen LogP contribution >= 0.6 is 0 Å². The Morgan fingerprint density at radius 3 is 2.53 bits per heavy atom. The molecule has 1 heterocycles. The van der Waals surface area contributed by atoms with Crippen molar-refractivity contribution < 1.29 is 24.2 Å². The number of phenols is 1. The van der Waals surface area contributed by atoms with E-state index in [0.717, 1.165) is 11.3 Å². The van der Waals surface area contributed by atoms with Gasteiger partial charge in [-0.2, -0.15) is 0 Å². The molecule has 2 N–H and O–H groups in total. The molecule has 0 aromatic heterocycles. The van der Waals surface area contributed by atoms with Crippen LogP contribution in [-0.4, -0.2) is 29.6 Å². The van der Waals surface area contributed by atoms with Gasteiger partial charge in [-0.15, -0.1) is 0 Å². The molecular weight excluding hydrogens is 430 g/mol. The first-order valence-electron chi connectivity index (χ1n) is 11.8. The Morgan fingerprint density at radius 1 is 1.12 bits per heavy atom. The number of ether oxygens (including phenoxy) is 2. The Labute approximate surface area is 200 Å². The summed E-state index contributed by atoms with van der Waals surface area (Å²) in [5.41, 5.74) is 4.32. The van der Waals surface area contributed by atoms with Crippen molar-refractivity contribution in [3.8, 4) is 11.5 Å². The first-order valence-corrected chi connectivity index (χ1v) is 11.8. The van der Waals surface area contributed by atoms with Crippen LogP contribution in [0.3, 0.4) is 0 Å². The Morgan fingerprint density at radius 2 is 1.85 bits per heavy atom. The molecule has 0 amide bonds. The summed E-state index contributed by atoms with van der Waals surface area (Å²) < 4.78 is 11.2. The summed E-state index contributed by atoms with van der Waals surface area (Å²) in [6.07, 6.45) is 0.734. The topological polar surface area (TPSA) is 84.9 Å². The molecular formula is C28H31NO5. The maximum atomic E-state index is 13.6. The van der Waals surface area contributed by atoms with E-state index in [1.807, 2.05) is 44.2 Å². The Bertz CT molecular complexity index is 1160. The number of carbonyl (C=O) groups is 2. The second-order valence-corrected chi connectivity index (χ2v) is 9.04. The molecule has 2 aliphatic rings. The number of carbonyl (C=O) groups excluding carboxylic acids is 2. The maximum absolute atomic E-state index is 13.6. The van der Waals surface area contributed by atoms with Gasteiger partial charge in [-0.1, -0.05) is 36.4 Å². The lowest BCUT2D eigenvalue weighted by atomic mass is 9.71. The summed E-state index contributed by atoms with van der Waals surface area (Å²) in [4.78, 5) is 26.8. The van der Waals surface area contributed by atoms with Crippen molar-refractivity contribution >= 4 is 11.8 Å². The van der Waals surface area contributed by atoms with Crippen molar-refractivity contribution in [1.29, 1.82) is 0 Å². The minimum atomic E-state index is -0.605. The first kappa shape index (κ1) is 23.6. The lowest BCUT2D eigenvalue weighted by Gasteiger charge is -2.37. The standard InChI is InChI=1S/C28H31NO5/c1-5-33-24-15-19(11-12-22(24)30)26-25(28(32)34-16(2)3)17(4)29-21-13-20(14-23(31)27(21)26)18-9-7-6-8-10-18/h6-12,15-16,20,26,29-30H,5,13-14H2,1-4H3. The fraction of sp³-hybridized carbons (Fsp3) is 0.357. The van der Waals surface area contributed by atoms with Crippen LogP contribution in [0.5, 0.6) is 11.5 Å². The van der Waals surface area contributed by atoms with Crippen LogP contribution in [0.15, 0.2) is 71.1 Å². The SMILES string of the molecule is CCOc1cc(C2C(C(=O)OC(C)C)=C(C)NC3=C2C(=O)CC(c2ccccc2)C3)ccc1O. The van der Waals surface area contributed by atoms with E-state index in [1.165, 1.54) is 0 Å². The van der Waals surface area contributed by atoms with Gasteiger partial charge in [0.25, 0.3) is 0 Å². The Balaban J connectivity index is 1.83. The predicted molar refractivity (Wildman–Crippen MR) is 130 cm³/mol. The second-order valence-electron chi connectivity index (χ2n) is 9.04. The minimum Gasteiger partial charge on any atom is -0.504 e. The third-order valence-electron chi connectivity index (χ3n) is 6.28. The molecule has 0 saturated carbocycles. The van der Waals surface area contributed by atoms with Gasteiger partial charge in [-0.25, -0.2) is 4.79 Å². The highest BCUT2D eigenvalue weighted by atomic mass is 16.5. The number of Topliss-reactive ketones (excluding diaryl/α,β-unsaturated/α-hetero) is 1. The molecule has 0 saturated heterocycles. The Kier molecular flexibility index (Phi) is 6.77. The largest absolute Gasteiger partial charge is 0.504 e. The number of aromatic hydroxyl groups is 1. The summed E-state index contributed by atoms with van der Waals surface area (Å²) in [6, 6.07) is 15.0. The van der Waals surface area contributed by atoms with Gasteiger partial charge >= 0.3 is 5.97 Å². The number of allylic oxidation sites excluding steroid dienone is 3. The molecule has 178 valence electrons. The van der Waals surface area contributed by atoms with Crippen LogP contribution in [-0.2, 0) is 14.3 Å². The minimum absolute atomic E-state index is 0.000912. The molecule has 0 fully saturated rings.